The number of methoxy groups -OCH3 is 1. The Bertz CT molecular complexity index is 886. The minimum absolute atomic E-state index is 0.166. The van der Waals surface area contributed by atoms with E-state index in [1.807, 2.05) is 12.1 Å². The number of benzene rings is 1. The van der Waals surface area contributed by atoms with Crippen LogP contribution in [-0.4, -0.2) is 34.4 Å². The molecule has 1 unspecified atom stereocenters. The van der Waals surface area contributed by atoms with Gasteiger partial charge < -0.3 is 15.2 Å². The molecule has 1 aromatic carbocycles. The van der Waals surface area contributed by atoms with Gasteiger partial charge in [0.25, 0.3) is 5.56 Å². The summed E-state index contributed by atoms with van der Waals surface area (Å²) in [6.45, 7) is 5.88. The van der Waals surface area contributed by atoms with Gasteiger partial charge in [0.1, 0.15) is 6.54 Å². The van der Waals surface area contributed by atoms with E-state index in [9.17, 15) is 14.7 Å². The molecule has 154 valence electrons. The second-order valence-electron chi connectivity index (χ2n) is 7.83. The molecule has 0 aliphatic carbocycles. The number of carbonyl (C=O) groups excluding carboxylic acids is 1. The number of hydrogen-bond acceptors (Lipinski definition) is 5. The van der Waals surface area contributed by atoms with Crippen molar-refractivity contribution in [1.29, 1.82) is 0 Å². The summed E-state index contributed by atoms with van der Waals surface area (Å²) in [6.07, 6.45) is 2.51. The topological polar surface area (TPSA) is 80.6 Å². The van der Waals surface area contributed by atoms with Crippen LogP contribution in [0.15, 0.2) is 29.1 Å². The molecule has 0 aliphatic rings. The van der Waals surface area contributed by atoms with Gasteiger partial charge in [0.05, 0.1) is 18.2 Å². The maximum absolute atomic E-state index is 12.9. The highest BCUT2D eigenvalue weighted by atomic mass is 35.5. The first-order valence-corrected chi connectivity index (χ1v) is 9.83. The molecular weight excluding hydrogens is 380 g/mol. The molecule has 0 amide bonds. The molecule has 2 rings (SSSR count). The van der Waals surface area contributed by atoms with Crippen molar-refractivity contribution >= 4 is 28.5 Å². The molecule has 0 spiro atoms. The minimum Gasteiger partial charge on any atom is -0.468 e. The van der Waals surface area contributed by atoms with E-state index in [2.05, 4.69) is 12.2 Å². The average molecular weight is 409 g/mol. The van der Waals surface area contributed by atoms with Crippen molar-refractivity contribution < 1.29 is 14.6 Å². The number of nitrogens with zero attached hydrogens (tertiary/aromatic N) is 1. The van der Waals surface area contributed by atoms with Gasteiger partial charge in [0.2, 0.25) is 0 Å². The predicted molar refractivity (Wildman–Crippen MR) is 112 cm³/mol. The van der Waals surface area contributed by atoms with E-state index >= 15 is 0 Å². The van der Waals surface area contributed by atoms with E-state index in [1.54, 1.807) is 26.0 Å². The van der Waals surface area contributed by atoms with E-state index in [0.29, 0.717) is 22.6 Å². The van der Waals surface area contributed by atoms with E-state index in [-0.39, 0.29) is 18.1 Å². The van der Waals surface area contributed by atoms with Crippen molar-refractivity contribution in [3.63, 3.8) is 0 Å². The van der Waals surface area contributed by atoms with Crippen LogP contribution in [0.5, 0.6) is 0 Å². The molecule has 28 heavy (non-hydrogen) atoms. The lowest BCUT2D eigenvalue weighted by Crippen LogP contribution is -2.33. The largest absolute Gasteiger partial charge is 0.468 e. The summed E-state index contributed by atoms with van der Waals surface area (Å²) in [7, 11) is 1.29. The van der Waals surface area contributed by atoms with Gasteiger partial charge in [-0.05, 0) is 63.6 Å². The van der Waals surface area contributed by atoms with Crippen LogP contribution in [0.1, 0.15) is 45.6 Å². The highest BCUT2D eigenvalue weighted by Crippen LogP contribution is 2.19. The molecule has 6 nitrogen and oxygen atoms in total. The highest BCUT2D eigenvalue weighted by molar-refractivity contribution is 6.31. The van der Waals surface area contributed by atoms with Gasteiger partial charge in [-0.25, -0.2) is 0 Å². The van der Waals surface area contributed by atoms with Crippen LogP contribution in [0.4, 0.5) is 0 Å². The minimum atomic E-state index is -0.666. The van der Waals surface area contributed by atoms with Gasteiger partial charge in [-0.3, -0.25) is 14.2 Å². The fraction of sp³-hybridized carbons (Fsp3) is 0.524. The van der Waals surface area contributed by atoms with Crippen molar-refractivity contribution in [2.75, 3.05) is 7.11 Å². The Morgan fingerprint density at radius 2 is 2.07 bits per heavy atom. The maximum atomic E-state index is 12.9. The average Bonchev–Trinajstić information content (AvgIpc) is 2.61. The first-order chi connectivity index (χ1) is 13.1. The molecule has 7 heteroatoms. The second kappa shape index (κ2) is 9.54. The number of esters is 1. The van der Waals surface area contributed by atoms with Gasteiger partial charge >= 0.3 is 5.97 Å². The van der Waals surface area contributed by atoms with E-state index in [4.69, 9.17) is 16.3 Å². The Labute approximate surface area is 170 Å². The summed E-state index contributed by atoms with van der Waals surface area (Å²) >= 11 is 6.07. The summed E-state index contributed by atoms with van der Waals surface area (Å²) in [5.74, 6) is -0.492. The lowest BCUT2D eigenvalue weighted by Gasteiger charge is -2.19. The molecule has 1 atom stereocenters. The zero-order valence-corrected chi connectivity index (χ0v) is 17.7. The Balaban J connectivity index is 2.20. The van der Waals surface area contributed by atoms with Crippen LogP contribution < -0.4 is 10.9 Å². The molecule has 0 aliphatic heterocycles. The van der Waals surface area contributed by atoms with Gasteiger partial charge in [0, 0.05) is 23.2 Å². The molecular formula is C21H29ClN2O4. The normalized spacial score (nSPS) is 12.9. The Morgan fingerprint density at radius 1 is 1.36 bits per heavy atom. The zero-order chi connectivity index (χ0) is 20.9. The molecule has 2 N–H and O–H groups in total. The van der Waals surface area contributed by atoms with Crippen LogP contribution in [0, 0.1) is 0 Å². The molecule has 0 saturated carbocycles. The van der Waals surface area contributed by atoms with E-state index < -0.39 is 11.6 Å². The summed E-state index contributed by atoms with van der Waals surface area (Å²) in [5.41, 5.74) is 0.273. The van der Waals surface area contributed by atoms with E-state index in [0.717, 1.165) is 24.6 Å². The number of aromatic nitrogens is 1. The van der Waals surface area contributed by atoms with Crippen LogP contribution in [0.2, 0.25) is 5.02 Å². The molecule has 1 heterocycles. The first kappa shape index (κ1) is 22.4. The lowest BCUT2D eigenvalue weighted by atomic mass is 10.00. The molecule has 1 aromatic heterocycles. The van der Waals surface area contributed by atoms with Crippen LogP contribution in [-0.2, 0) is 22.6 Å². The quantitative estimate of drug-likeness (QED) is 0.622. The highest BCUT2D eigenvalue weighted by Gasteiger charge is 2.15. The number of fused-ring (bicyclic) bond motifs is 1. The summed E-state index contributed by atoms with van der Waals surface area (Å²) < 4.78 is 6.14. The number of nitrogens with one attached hydrogen (secondary N) is 1. The number of hydrogen-bond donors (Lipinski definition) is 2. The SMILES string of the molecule is COC(=O)Cn1c(=O)c(CNC(C)CCCC(C)(C)O)cc2ccc(Cl)cc21. The summed E-state index contributed by atoms with van der Waals surface area (Å²) in [5, 5.41) is 14.5. The monoisotopic (exact) mass is 408 g/mol. The number of aliphatic hydroxyl groups is 1. The van der Waals surface area contributed by atoms with Gasteiger partial charge in [-0.1, -0.05) is 17.7 Å². The number of ether oxygens (including phenoxy) is 1. The maximum Gasteiger partial charge on any atom is 0.325 e. The molecule has 0 radical (unpaired) electrons. The van der Waals surface area contributed by atoms with Crippen molar-refractivity contribution in [2.45, 2.75) is 64.8 Å². The number of halogens is 1. The predicted octanol–water partition coefficient (Wildman–Crippen LogP) is 3.25. The Hall–Kier alpha value is -1.89. The standard InChI is InChI=1S/C21H29ClN2O4/c1-14(6-5-9-21(2,3)27)23-12-16-10-15-7-8-17(22)11-18(15)24(20(16)26)13-19(25)28-4/h7-8,10-11,14,23,27H,5-6,9,12-13H2,1-4H3. The Morgan fingerprint density at radius 3 is 2.71 bits per heavy atom. The van der Waals surface area contributed by atoms with Crippen LogP contribution in [0.3, 0.4) is 0 Å². The number of pyridine rings is 1. The van der Waals surface area contributed by atoms with E-state index in [1.165, 1.54) is 11.7 Å². The molecule has 0 saturated heterocycles. The van der Waals surface area contributed by atoms with Crippen LogP contribution in [0.25, 0.3) is 10.9 Å². The van der Waals surface area contributed by atoms with Crippen molar-refractivity contribution in [3.8, 4) is 0 Å². The number of rotatable bonds is 9. The van der Waals surface area contributed by atoms with Crippen LogP contribution >= 0.6 is 11.6 Å². The second-order valence-corrected chi connectivity index (χ2v) is 8.26. The zero-order valence-electron chi connectivity index (χ0n) is 16.9. The van der Waals surface area contributed by atoms with Gasteiger partial charge in [0.15, 0.2) is 0 Å². The fourth-order valence-corrected chi connectivity index (χ4v) is 3.28. The summed E-state index contributed by atoms with van der Waals surface area (Å²) in [4.78, 5) is 24.7. The fourth-order valence-electron chi connectivity index (χ4n) is 3.11. The third-order valence-corrected chi connectivity index (χ3v) is 4.95. The smallest absolute Gasteiger partial charge is 0.325 e. The van der Waals surface area contributed by atoms with Crippen molar-refractivity contribution in [1.82, 2.24) is 9.88 Å². The lowest BCUT2D eigenvalue weighted by molar-refractivity contribution is -0.141. The van der Waals surface area contributed by atoms with Gasteiger partial charge in [-0.2, -0.15) is 0 Å². The first-order valence-electron chi connectivity index (χ1n) is 9.45. The third kappa shape index (κ3) is 6.33. The van der Waals surface area contributed by atoms with Crippen molar-refractivity contribution in [3.05, 3.63) is 45.2 Å². The Kier molecular flexibility index (Phi) is 7.63. The molecule has 2 aromatic rings. The number of carbonyl (C=O) groups is 1. The summed E-state index contributed by atoms with van der Waals surface area (Å²) in [6, 6.07) is 7.29. The third-order valence-electron chi connectivity index (χ3n) is 4.71. The molecule has 0 bridgehead atoms. The van der Waals surface area contributed by atoms with Gasteiger partial charge in [-0.15, -0.1) is 0 Å². The van der Waals surface area contributed by atoms with Crippen molar-refractivity contribution in [2.24, 2.45) is 0 Å². The molecule has 0 fully saturated rings.